The molecule has 108 valence electrons. The molecule has 2 aliphatic rings. The maximum atomic E-state index is 10.6. The van der Waals surface area contributed by atoms with E-state index in [0.29, 0.717) is 6.61 Å². The molecule has 0 aromatic heterocycles. The zero-order chi connectivity index (χ0) is 14.3. The summed E-state index contributed by atoms with van der Waals surface area (Å²) >= 11 is 0. The van der Waals surface area contributed by atoms with Crippen molar-refractivity contribution in [3.8, 4) is 0 Å². The van der Waals surface area contributed by atoms with Crippen LogP contribution in [0.1, 0.15) is 27.7 Å². The number of ether oxygens (including phenoxy) is 4. The van der Waals surface area contributed by atoms with Crippen LogP contribution in [0, 0.1) is 0 Å². The molecule has 0 bridgehead atoms. The topological polar surface area (TPSA) is 74.2 Å². The fourth-order valence-electron chi connectivity index (χ4n) is 2.31. The third-order valence-electron chi connectivity index (χ3n) is 2.99. The highest BCUT2D eigenvalue weighted by Gasteiger charge is 2.48. The first-order chi connectivity index (χ1) is 8.69. The standard InChI is InChI=1S/C13H20O6/c1-12(2)16-7-9(18-12)11-8(5-6-10(14)15)17-13(3,4)19-11/h5-6,8-9,11H,7H2,1-4H3,(H,14,15)/b6-5+/t8-,9-,11+/m1/s1. The van der Waals surface area contributed by atoms with Crippen LogP contribution in [-0.4, -0.2) is 47.6 Å². The Morgan fingerprint density at radius 2 is 1.84 bits per heavy atom. The molecule has 19 heavy (non-hydrogen) atoms. The molecule has 0 aromatic rings. The molecule has 2 fully saturated rings. The lowest BCUT2D eigenvalue weighted by Gasteiger charge is -2.22. The molecular weight excluding hydrogens is 252 g/mol. The van der Waals surface area contributed by atoms with E-state index in [9.17, 15) is 4.79 Å². The number of carbonyl (C=O) groups is 1. The van der Waals surface area contributed by atoms with Gasteiger partial charge in [0.2, 0.25) is 0 Å². The summed E-state index contributed by atoms with van der Waals surface area (Å²) in [4.78, 5) is 10.6. The van der Waals surface area contributed by atoms with Gasteiger partial charge in [-0.3, -0.25) is 0 Å². The van der Waals surface area contributed by atoms with Gasteiger partial charge in [0.1, 0.15) is 18.3 Å². The van der Waals surface area contributed by atoms with E-state index in [2.05, 4.69) is 0 Å². The van der Waals surface area contributed by atoms with Gasteiger partial charge in [-0.2, -0.15) is 0 Å². The molecular formula is C13H20O6. The fraction of sp³-hybridized carbons (Fsp3) is 0.769. The summed E-state index contributed by atoms with van der Waals surface area (Å²) in [6.45, 7) is 7.63. The molecule has 0 saturated carbocycles. The van der Waals surface area contributed by atoms with Crippen LogP contribution in [-0.2, 0) is 23.7 Å². The quantitative estimate of drug-likeness (QED) is 0.781. The zero-order valence-electron chi connectivity index (χ0n) is 11.6. The van der Waals surface area contributed by atoms with E-state index in [-0.39, 0.29) is 12.2 Å². The number of aliphatic carboxylic acids is 1. The van der Waals surface area contributed by atoms with Crippen molar-refractivity contribution < 1.29 is 28.8 Å². The molecule has 2 aliphatic heterocycles. The third-order valence-corrected chi connectivity index (χ3v) is 2.99. The van der Waals surface area contributed by atoms with Crippen LogP contribution in [0.5, 0.6) is 0 Å². The van der Waals surface area contributed by atoms with Gasteiger partial charge in [0.15, 0.2) is 11.6 Å². The summed E-state index contributed by atoms with van der Waals surface area (Å²) < 4.78 is 22.7. The summed E-state index contributed by atoms with van der Waals surface area (Å²) in [6.07, 6.45) is 1.42. The van der Waals surface area contributed by atoms with Crippen molar-refractivity contribution in [1.82, 2.24) is 0 Å². The van der Waals surface area contributed by atoms with Crippen LogP contribution in [0.15, 0.2) is 12.2 Å². The average molecular weight is 272 g/mol. The number of rotatable bonds is 3. The second-order valence-corrected chi connectivity index (χ2v) is 5.63. The van der Waals surface area contributed by atoms with Gasteiger partial charge in [0.05, 0.1) is 6.61 Å². The Kier molecular flexibility index (Phi) is 3.70. The van der Waals surface area contributed by atoms with Crippen LogP contribution in [0.3, 0.4) is 0 Å². The largest absolute Gasteiger partial charge is 0.478 e. The van der Waals surface area contributed by atoms with Crippen molar-refractivity contribution in [2.24, 2.45) is 0 Å². The molecule has 6 nitrogen and oxygen atoms in total. The van der Waals surface area contributed by atoms with Crippen molar-refractivity contribution in [2.75, 3.05) is 6.61 Å². The molecule has 0 radical (unpaired) electrons. The summed E-state index contributed by atoms with van der Waals surface area (Å²) in [5.74, 6) is -2.44. The van der Waals surface area contributed by atoms with Gasteiger partial charge in [-0.1, -0.05) is 0 Å². The Morgan fingerprint density at radius 3 is 2.37 bits per heavy atom. The molecule has 0 unspecified atom stereocenters. The van der Waals surface area contributed by atoms with Crippen molar-refractivity contribution in [3.05, 3.63) is 12.2 Å². The first-order valence-corrected chi connectivity index (χ1v) is 6.27. The van der Waals surface area contributed by atoms with Crippen LogP contribution >= 0.6 is 0 Å². The first kappa shape index (κ1) is 14.5. The smallest absolute Gasteiger partial charge is 0.328 e. The predicted molar refractivity (Wildman–Crippen MR) is 65.5 cm³/mol. The Morgan fingerprint density at radius 1 is 1.16 bits per heavy atom. The third kappa shape index (κ3) is 3.54. The predicted octanol–water partition coefficient (Wildman–Crippen LogP) is 1.30. The summed E-state index contributed by atoms with van der Waals surface area (Å²) in [5.41, 5.74) is 0. The van der Waals surface area contributed by atoms with Crippen LogP contribution in [0.4, 0.5) is 0 Å². The van der Waals surface area contributed by atoms with Crippen molar-refractivity contribution in [1.29, 1.82) is 0 Å². The number of hydrogen-bond acceptors (Lipinski definition) is 5. The monoisotopic (exact) mass is 272 g/mol. The molecule has 0 aliphatic carbocycles. The van der Waals surface area contributed by atoms with Gasteiger partial charge in [0.25, 0.3) is 0 Å². The van der Waals surface area contributed by atoms with Gasteiger partial charge < -0.3 is 24.1 Å². The van der Waals surface area contributed by atoms with E-state index < -0.39 is 23.6 Å². The highest BCUT2D eigenvalue weighted by Crippen LogP contribution is 2.35. The summed E-state index contributed by atoms with van der Waals surface area (Å²) in [5, 5.41) is 8.70. The maximum absolute atomic E-state index is 10.6. The van der Waals surface area contributed by atoms with E-state index in [1.807, 2.05) is 13.8 Å². The molecule has 0 spiro atoms. The van der Waals surface area contributed by atoms with E-state index in [1.165, 1.54) is 6.08 Å². The van der Waals surface area contributed by atoms with E-state index in [0.717, 1.165) is 6.08 Å². The molecule has 3 atom stereocenters. The number of carboxylic acids is 1. The molecule has 1 N–H and O–H groups in total. The molecule has 2 heterocycles. The minimum atomic E-state index is -1.02. The normalized spacial score (nSPS) is 36.9. The minimum absolute atomic E-state index is 0.278. The van der Waals surface area contributed by atoms with Crippen molar-refractivity contribution in [3.63, 3.8) is 0 Å². The Bertz CT molecular complexity index is 387. The summed E-state index contributed by atoms with van der Waals surface area (Å²) in [7, 11) is 0. The highest BCUT2D eigenvalue weighted by atomic mass is 16.8. The summed E-state index contributed by atoms with van der Waals surface area (Å²) in [6, 6.07) is 0. The van der Waals surface area contributed by atoms with Gasteiger partial charge in [-0.05, 0) is 33.8 Å². The van der Waals surface area contributed by atoms with Crippen LogP contribution < -0.4 is 0 Å². The second-order valence-electron chi connectivity index (χ2n) is 5.63. The van der Waals surface area contributed by atoms with Crippen molar-refractivity contribution >= 4 is 5.97 Å². The van der Waals surface area contributed by atoms with Gasteiger partial charge in [-0.15, -0.1) is 0 Å². The zero-order valence-corrected chi connectivity index (χ0v) is 11.6. The maximum Gasteiger partial charge on any atom is 0.328 e. The lowest BCUT2D eigenvalue weighted by molar-refractivity contribution is -0.174. The molecule has 6 heteroatoms. The van der Waals surface area contributed by atoms with Crippen LogP contribution in [0.2, 0.25) is 0 Å². The van der Waals surface area contributed by atoms with Crippen molar-refractivity contribution in [2.45, 2.75) is 57.6 Å². The second kappa shape index (κ2) is 4.86. The SMILES string of the molecule is CC1(C)O[C@H]([C@H]2COC(C)(C)O2)[C@@H](/C=C/C(=O)O)O1. The van der Waals surface area contributed by atoms with Gasteiger partial charge >= 0.3 is 5.97 Å². The number of carboxylic acid groups (broad SMARTS) is 1. The molecule has 0 amide bonds. The van der Waals surface area contributed by atoms with Gasteiger partial charge in [0, 0.05) is 6.08 Å². The Labute approximate surface area is 112 Å². The first-order valence-electron chi connectivity index (χ1n) is 6.27. The molecule has 2 saturated heterocycles. The van der Waals surface area contributed by atoms with E-state index in [1.54, 1.807) is 13.8 Å². The fourth-order valence-corrected chi connectivity index (χ4v) is 2.31. The Hall–Kier alpha value is -0.950. The van der Waals surface area contributed by atoms with E-state index >= 15 is 0 Å². The van der Waals surface area contributed by atoms with Gasteiger partial charge in [-0.25, -0.2) is 4.79 Å². The minimum Gasteiger partial charge on any atom is -0.478 e. The number of hydrogen-bond donors (Lipinski definition) is 1. The Balaban J connectivity index is 2.10. The van der Waals surface area contributed by atoms with Crippen LogP contribution in [0.25, 0.3) is 0 Å². The van der Waals surface area contributed by atoms with E-state index in [4.69, 9.17) is 24.1 Å². The molecule has 2 rings (SSSR count). The average Bonchev–Trinajstić information content (AvgIpc) is 2.75. The highest BCUT2D eigenvalue weighted by molar-refractivity contribution is 5.79. The lowest BCUT2D eigenvalue weighted by Crippen LogP contribution is -2.37. The lowest BCUT2D eigenvalue weighted by atomic mass is 10.1. The molecule has 0 aromatic carbocycles.